The van der Waals surface area contributed by atoms with E-state index in [9.17, 15) is 4.39 Å². The number of nitrogens with two attached hydrogens (primary N) is 1. The van der Waals surface area contributed by atoms with Gasteiger partial charge < -0.3 is 5.73 Å². The molecule has 1 rings (SSSR count). The van der Waals surface area contributed by atoms with E-state index in [1.807, 2.05) is 6.92 Å². The molecule has 0 fully saturated rings. The Kier molecular flexibility index (Phi) is 2.43. The van der Waals surface area contributed by atoms with Gasteiger partial charge in [0.1, 0.15) is 0 Å². The number of halogens is 1. The predicted octanol–water partition coefficient (Wildman–Crippen LogP) is 0.404. The Hall–Kier alpha value is -1.38. The summed E-state index contributed by atoms with van der Waals surface area (Å²) >= 11 is 0. The number of rotatable bonds is 0. The van der Waals surface area contributed by atoms with Crippen molar-refractivity contribution in [1.29, 1.82) is 0 Å². The summed E-state index contributed by atoms with van der Waals surface area (Å²) in [6.07, 6.45) is 5.04. The number of pyridine rings is 1. The average Bonchev–Trinajstić information content (AvgIpc) is 2.09. The van der Waals surface area contributed by atoms with E-state index < -0.39 is 5.82 Å². The van der Waals surface area contributed by atoms with Crippen LogP contribution in [0.2, 0.25) is 0 Å². The summed E-state index contributed by atoms with van der Waals surface area (Å²) in [4.78, 5) is 3.71. The minimum Gasteiger partial charge on any atom is -0.381 e. The molecule has 0 aliphatic heterocycles. The molecule has 0 aliphatic carbocycles. The molecular weight excluding hydrogens is 155 g/mol. The Bertz CT molecular complexity index is 396. The second kappa shape index (κ2) is 3.34. The van der Waals surface area contributed by atoms with Gasteiger partial charge in [-0.25, -0.2) is 9.37 Å². The van der Waals surface area contributed by atoms with Gasteiger partial charge in [-0.1, -0.05) is 12.2 Å². The van der Waals surface area contributed by atoms with Gasteiger partial charge in [0.15, 0.2) is 11.6 Å². The summed E-state index contributed by atoms with van der Waals surface area (Å²) in [6, 6.07) is 0. The lowest BCUT2D eigenvalue weighted by molar-refractivity contribution is 0.616. The third-order valence-electron chi connectivity index (χ3n) is 1.71. The molecule has 0 atom stereocenters. The second-order valence-electron chi connectivity index (χ2n) is 2.40. The molecule has 2 nitrogen and oxygen atoms in total. The summed E-state index contributed by atoms with van der Waals surface area (Å²) in [6.45, 7) is 3.60. The van der Waals surface area contributed by atoms with Crippen molar-refractivity contribution in [3.8, 4) is 0 Å². The van der Waals surface area contributed by atoms with Crippen LogP contribution >= 0.6 is 0 Å². The molecule has 0 bridgehead atoms. The lowest BCUT2D eigenvalue weighted by atomic mass is 10.2. The van der Waals surface area contributed by atoms with E-state index in [-0.39, 0.29) is 5.82 Å². The van der Waals surface area contributed by atoms with E-state index in [0.717, 1.165) is 5.22 Å². The number of anilines is 1. The molecule has 12 heavy (non-hydrogen) atoms. The molecular formula is C9H11FN2. The maximum atomic E-state index is 13.2. The van der Waals surface area contributed by atoms with E-state index in [0.29, 0.717) is 5.22 Å². The van der Waals surface area contributed by atoms with Gasteiger partial charge >= 0.3 is 0 Å². The van der Waals surface area contributed by atoms with Crippen molar-refractivity contribution in [2.45, 2.75) is 13.8 Å². The fraction of sp³-hybridized carbons (Fsp3) is 0.222. The monoisotopic (exact) mass is 166 g/mol. The van der Waals surface area contributed by atoms with Gasteiger partial charge in [0, 0.05) is 11.4 Å². The highest BCUT2D eigenvalue weighted by Gasteiger charge is 1.99. The van der Waals surface area contributed by atoms with E-state index in [1.165, 1.54) is 0 Å². The zero-order valence-electron chi connectivity index (χ0n) is 7.13. The lowest BCUT2D eigenvalue weighted by Gasteiger charge is -1.95. The normalized spacial score (nSPS) is 13.9. The Morgan fingerprint density at radius 1 is 1.42 bits per heavy atom. The van der Waals surface area contributed by atoms with Crippen LogP contribution in [0.3, 0.4) is 0 Å². The lowest BCUT2D eigenvalue weighted by Crippen LogP contribution is -2.29. The first-order chi connectivity index (χ1) is 5.70. The molecule has 64 valence electrons. The van der Waals surface area contributed by atoms with Gasteiger partial charge in [0.25, 0.3) is 0 Å². The van der Waals surface area contributed by atoms with Gasteiger partial charge in [-0.2, -0.15) is 0 Å². The van der Waals surface area contributed by atoms with Gasteiger partial charge in [-0.3, -0.25) is 0 Å². The van der Waals surface area contributed by atoms with Crippen molar-refractivity contribution in [1.82, 2.24) is 4.98 Å². The van der Waals surface area contributed by atoms with Gasteiger partial charge in [-0.05, 0) is 19.1 Å². The molecule has 0 amide bonds. The number of nitrogen functional groups attached to an aromatic ring is 1. The molecule has 0 unspecified atom stereocenters. The third kappa shape index (κ3) is 1.30. The summed E-state index contributed by atoms with van der Waals surface area (Å²) in [7, 11) is 0. The molecule has 3 heteroatoms. The SMILES string of the molecule is CC=c1cnc(N)c(F)c1=CC. The first kappa shape index (κ1) is 8.71. The van der Waals surface area contributed by atoms with Crippen LogP contribution in [-0.4, -0.2) is 4.98 Å². The largest absolute Gasteiger partial charge is 0.381 e. The molecule has 1 aromatic heterocycles. The second-order valence-corrected chi connectivity index (χ2v) is 2.40. The number of hydrogen-bond acceptors (Lipinski definition) is 2. The van der Waals surface area contributed by atoms with Crippen LogP contribution in [0.5, 0.6) is 0 Å². The molecule has 0 radical (unpaired) electrons. The molecule has 0 saturated carbocycles. The Morgan fingerprint density at radius 3 is 2.58 bits per heavy atom. The Labute approximate surface area is 70.2 Å². The number of aromatic nitrogens is 1. The highest BCUT2D eigenvalue weighted by molar-refractivity contribution is 5.37. The van der Waals surface area contributed by atoms with Crippen molar-refractivity contribution in [2.24, 2.45) is 0 Å². The first-order valence-electron chi connectivity index (χ1n) is 3.73. The van der Waals surface area contributed by atoms with E-state index in [4.69, 9.17) is 5.73 Å². The van der Waals surface area contributed by atoms with Crippen LogP contribution in [0.4, 0.5) is 10.2 Å². The maximum absolute atomic E-state index is 13.2. The van der Waals surface area contributed by atoms with E-state index >= 15 is 0 Å². The van der Waals surface area contributed by atoms with Crippen molar-refractivity contribution in [3.05, 3.63) is 22.5 Å². The Morgan fingerprint density at radius 2 is 2.08 bits per heavy atom. The van der Waals surface area contributed by atoms with Crippen LogP contribution in [0, 0.1) is 5.82 Å². The van der Waals surface area contributed by atoms with Gasteiger partial charge in [-0.15, -0.1) is 0 Å². The highest BCUT2D eigenvalue weighted by Crippen LogP contribution is 1.94. The standard InChI is InChI=1S/C9H11FN2/c1-3-6-5-12-9(11)8(10)7(6)4-2/h3-5H,11H2,1-2H3. The molecule has 0 aliphatic rings. The fourth-order valence-electron chi connectivity index (χ4n) is 1.05. The molecule has 0 spiro atoms. The minimum absolute atomic E-state index is 0.0475. The fourth-order valence-corrected chi connectivity index (χ4v) is 1.05. The quantitative estimate of drug-likeness (QED) is 0.606. The van der Waals surface area contributed by atoms with Crippen LogP contribution in [0.15, 0.2) is 6.20 Å². The topological polar surface area (TPSA) is 38.9 Å². The van der Waals surface area contributed by atoms with Crippen molar-refractivity contribution in [3.63, 3.8) is 0 Å². The van der Waals surface area contributed by atoms with Crippen LogP contribution in [-0.2, 0) is 0 Å². The third-order valence-corrected chi connectivity index (χ3v) is 1.71. The molecule has 0 aromatic carbocycles. The summed E-state index contributed by atoms with van der Waals surface area (Å²) in [5.41, 5.74) is 5.30. The van der Waals surface area contributed by atoms with Crippen molar-refractivity contribution in [2.75, 3.05) is 5.73 Å². The molecule has 2 N–H and O–H groups in total. The maximum Gasteiger partial charge on any atom is 0.172 e. The van der Waals surface area contributed by atoms with Gasteiger partial charge in [0.05, 0.1) is 0 Å². The molecule has 0 saturated heterocycles. The summed E-state index contributed by atoms with van der Waals surface area (Å²) in [5.74, 6) is -0.484. The smallest absolute Gasteiger partial charge is 0.172 e. The van der Waals surface area contributed by atoms with Crippen LogP contribution in [0.25, 0.3) is 12.2 Å². The highest BCUT2D eigenvalue weighted by atomic mass is 19.1. The van der Waals surface area contributed by atoms with E-state index in [1.54, 1.807) is 25.3 Å². The zero-order chi connectivity index (χ0) is 9.14. The first-order valence-corrected chi connectivity index (χ1v) is 3.73. The van der Waals surface area contributed by atoms with Crippen LogP contribution in [0.1, 0.15) is 13.8 Å². The minimum atomic E-state index is -0.437. The van der Waals surface area contributed by atoms with Gasteiger partial charge in [0.2, 0.25) is 0 Å². The van der Waals surface area contributed by atoms with Crippen molar-refractivity contribution < 1.29 is 4.39 Å². The van der Waals surface area contributed by atoms with E-state index in [2.05, 4.69) is 4.98 Å². The predicted molar refractivity (Wildman–Crippen MR) is 48.1 cm³/mol. The summed E-state index contributed by atoms with van der Waals surface area (Å²) < 4.78 is 13.2. The number of hydrogen-bond donors (Lipinski definition) is 1. The van der Waals surface area contributed by atoms with Crippen molar-refractivity contribution >= 4 is 18.0 Å². The molecule has 1 aromatic rings. The Balaban J connectivity index is 3.72. The van der Waals surface area contributed by atoms with Crippen LogP contribution < -0.4 is 16.2 Å². The molecule has 1 heterocycles. The average molecular weight is 166 g/mol. The summed E-state index contributed by atoms with van der Waals surface area (Å²) in [5, 5.41) is 1.29. The number of nitrogens with zero attached hydrogens (tertiary/aromatic N) is 1. The zero-order valence-corrected chi connectivity index (χ0v) is 7.13.